The molecule has 6 nitrogen and oxygen atoms in total. The van der Waals surface area contributed by atoms with E-state index in [9.17, 15) is 13.2 Å². The van der Waals surface area contributed by atoms with Crippen molar-refractivity contribution in [3.8, 4) is 0 Å². The second-order valence-electron chi connectivity index (χ2n) is 5.80. The van der Waals surface area contributed by atoms with Crippen molar-refractivity contribution in [2.24, 2.45) is 5.14 Å². The maximum absolute atomic E-state index is 12.4. The summed E-state index contributed by atoms with van der Waals surface area (Å²) in [6.45, 7) is 3.83. The van der Waals surface area contributed by atoms with Crippen LogP contribution < -0.4 is 10.5 Å². The van der Waals surface area contributed by atoms with Crippen molar-refractivity contribution in [3.05, 3.63) is 58.1 Å². The average Bonchev–Trinajstić information content (AvgIpc) is 2.56. The van der Waals surface area contributed by atoms with Crippen molar-refractivity contribution in [2.75, 3.05) is 12.4 Å². The van der Waals surface area contributed by atoms with E-state index in [0.29, 0.717) is 5.69 Å². The first kappa shape index (κ1) is 19.4. The minimum atomic E-state index is -3.73. The van der Waals surface area contributed by atoms with Crippen LogP contribution in [0.3, 0.4) is 0 Å². The summed E-state index contributed by atoms with van der Waals surface area (Å²) < 4.78 is 23.5. The number of amides is 2. The number of carbonyl (C=O) groups is 1. The van der Waals surface area contributed by atoms with Crippen LogP contribution in [0, 0.1) is 6.92 Å². The Morgan fingerprint density at radius 1 is 1.20 bits per heavy atom. The highest BCUT2D eigenvalue weighted by molar-refractivity contribution is 9.10. The smallest absolute Gasteiger partial charge is 0.321 e. The van der Waals surface area contributed by atoms with E-state index in [4.69, 9.17) is 5.14 Å². The van der Waals surface area contributed by atoms with Crippen LogP contribution in [-0.4, -0.2) is 26.4 Å². The highest BCUT2D eigenvalue weighted by Gasteiger charge is 2.18. The summed E-state index contributed by atoms with van der Waals surface area (Å²) in [4.78, 5) is 14.0. The number of nitrogens with zero attached hydrogens (tertiary/aromatic N) is 1. The summed E-state index contributed by atoms with van der Waals surface area (Å²) in [5, 5.41) is 7.93. The van der Waals surface area contributed by atoms with E-state index in [2.05, 4.69) is 21.2 Å². The molecule has 2 amide bonds. The van der Waals surface area contributed by atoms with Crippen LogP contribution in [0.15, 0.2) is 51.8 Å². The van der Waals surface area contributed by atoms with Gasteiger partial charge in [-0.15, -0.1) is 0 Å². The monoisotopic (exact) mass is 425 g/mol. The first-order valence-electron chi connectivity index (χ1n) is 7.52. The minimum Gasteiger partial charge on any atom is -0.321 e. The summed E-state index contributed by atoms with van der Waals surface area (Å²) in [6.07, 6.45) is 0. The van der Waals surface area contributed by atoms with Crippen molar-refractivity contribution in [2.45, 2.75) is 24.8 Å². The number of hydrogen-bond acceptors (Lipinski definition) is 3. The van der Waals surface area contributed by atoms with Crippen LogP contribution in [0.1, 0.15) is 24.1 Å². The van der Waals surface area contributed by atoms with Crippen LogP contribution in [0.2, 0.25) is 0 Å². The number of halogens is 1. The summed E-state index contributed by atoms with van der Waals surface area (Å²) in [5.41, 5.74) is 2.57. The van der Waals surface area contributed by atoms with E-state index in [0.717, 1.165) is 15.6 Å². The Morgan fingerprint density at radius 3 is 2.32 bits per heavy atom. The molecule has 0 fully saturated rings. The number of primary sulfonamides is 1. The SMILES string of the molecule is Cc1ccc(NC(=O)N(C)C(C)c2ccc(S(N)(=O)=O)cc2)cc1Br. The molecule has 25 heavy (non-hydrogen) atoms. The summed E-state index contributed by atoms with van der Waals surface area (Å²) >= 11 is 3.44. The van der Waals surface area contributed by atoms with Crippen LogP contribution in [0.4, 0.5) is 10.5 Å². The van der Waals surface area contributed by atoms with Crippen LogP contribution >= 0.6 is 15.9 Å². The lowest BCUT2D eigenvalue weighted by molar-refractivity contribution is 0.208. The number of nitrogens with two attached hydrogens (primary N) is 1. The van der Waals surface area contributed by atoms with Crippen molar-refractivity contribution < 1.29 is 13.2 Å². The number of nitrogens with one attached hydrogen (secondary N) is 1. The highest BCUT2D eigenvalue weighted by atomic mass is 79.9. The first-order chi connectivity index (χ1) is 11.6. The van der Waals surface area contributed by atoms with Gasteiger partial charge in [-0.2, -0.15) is 0 Å². The molecule has 1 unspecified atom stereocenters. The third kappa shape index (κ3) is 4.81. The molecule has 0 aliphatic rings. The predicted molar refractivity (Wildman–Crippen MR) is 102 cm³/mol. The molecule has 8 heteroatoms. The van der Waals surface area contributed by atoms with Gasteiger partial charge in [0.25, 0.3) is 0 Å². The van der Waals surface area contributed by atoms with E-state index in [1.807, 2.05) is 32.0 Å². The van der Waals surface area contributed by atoms with Crippen molar-refractivity contribution in [1.82, 2.24) is 4.90 Å². The van der Waals surface area contributed by atoms with Gasteiger partial charge in [-0.3, -0.25) is 0 Å². The molecule has 0 radical (unpaired) electrons. The van der Waals surface area contributed by atoms with E-state index in [1.165, 1.54) is 12.1 Å². The lowest BCUT2D eigenvalue weighted by atomic mass is 10.1. The van der Waals surface area contributed by atoms with E-state index < -0.39 is 10.0 Å². The first-order valence-corrected chi connectivity index (χ1v) is 9.86. The third-order valence-corrected chi connectivity index (χ3v) is 5.80. The molecule has 0 saturated heterocycles. The molecular weight excluding hydrogens is 406 g/mol. The lowest BCUT2D eigenvalue weighted by Gasteiger charge is -2.26. The Hall–Kier alpha value is -1.90. The summed E-state index contributed by atoms with van der Waals surface area (Å²) in [6, 6.07) is 11.2. The molecule has 0 aromatic heterocycles. The molecule has 0 aliphatic heterocycles. The fourth-order valence-corrected chi connectivity index (χ4v) is 3.11. The van der Waals surface area contributed by atoms with Crippen molar-refractivity contribution in [1.29, 1.82) is 0 Å². The highest BCUT2D eigenvalue weighted by Crippen LogP contribution is 2.23. The van der Waals surface area contributed by atoms with Gasteiger partial charge in [0.05, 0.1) is 10.9 Å². The van der Waals surface area contributed by atoms with Gasteiger partial charge in [-0.1, -0.05) is 34.1 Å². The number of rotatable bonds is 4. The summed E-state index contributed by atoms with van der Waals surface area (Å²) in [7, 11) is -2.05. The number of benzene rings is 2. The normalized spacial score (nSPS) is 12.5. The van der Waals surface area contributed by atoms with Gasteiger partial charge in [-0.25, -0.2) is 18.4 Å². The molecule has 2 rings (SSSR count). The molecule has 0 aliphatic carbocycles. The standard InChI is InChI=1S/C17H20BrN3O3S/c1-11-4-7-14(10-16(11)18)20-17(22)21(3)12(2)13-5-8-15(9-6-13)25(19,23)24/h4-10,12H,1-3H3,(H,20,22)(H2,19,23,24). The molecule has 0 heterocycles. The average molecular weight is 426 g/mol. The minimum absolute atomic E-state index is 0.0417. The molecular formula is C17H20BrN3O3S. The molecule has 0 spiro atoms. The van der Waals surface area contributed by atoms with E-state index >= 15 is 0 Å². The fraction of sp³-hybridized carbons (Fsp3) is 0.235. The zero-order valence-electron chi connectivity index (χ0n) is 14.2. The van der Waals surface area contributed by atoms with Gasteiger partial charge >= 0.3 is 6.03 Å². The summed E-state index contributed by atoms with van der Waals surface area (Å²) in [5.74, 6) is 0. The number of sulfonamides is 1. The number of hydrogen-bond donors (Lipinski definition) is 2. The Bertz CT molecular complexity index is 883. The molecule has 0 bridgehead atoms. The van der Waals surface area contributed by atoms with Gasteiger partial charge in [-0.05, 0) is 49.2 Å². The van der Waals surface area contributed by atoms with Crippen molar-refractivity contribution in [3.63, 3.8) is 0 Å². The Balaban J connectivity index is 2.11. The molecule has 2 aromatic carbocycles. The maximum atomic E-state index is 12.4. The second-order valence-corrected chi connectivity index (χ2v) is 8.21. The molecule has 2 aromatic rings. The molecule has 1 atom stereocenters. The Morgan fingerprint density at radius 2 is 1.80 bits per heavy atom. The number of aryl methyl sites for hydroxylation is 1. The van der Waals surface area contributed by atoms with Gasteiger partial charge in [0.2, 0.25) is 10.0 Å². The molecule has 134 valence electrons. The quantitative estimate of drug-likeness (QED) is 0.782. The molecule has 0 saturated carbocycles. The lowest BCUT2D eigenvalue weighted by Crippen LogP contribution is -2.33. The Labute approximate surface area is 156 Å². The molecule has 3 N–H and O–H groups in total. The number of urea groups is 1. The van der Waals surface area contributed by atoms with E-state index in [-0.39, 0.29) is 17.0 Å². The maximum Gasteiger partial charge on any atom is 0.322 e. The largest absolute Gasteiger partial charge is 0.322 e. The van der Waals surface area contributed by atoms with Crippen molar-refractivity contribution >= 4 is 37.7 Å². The zero-order valence-corrected chi connectivity index (χ0v) is 16.6. The van der Waals surface area contributed by atoms with Crippen LogP contribution in [-0.2, 0) is 10.0 Å². The van der Waals surface area contributed by atoms with Gasteiger partial charge in [0.15, 0.2) is 0 Å². The zero-order chi connectivity index (χ0) is 18.8. The Kier molecular flexibility index (Phi) is 5.87. The second kappa shape index (κ2) is 7.55. The number of anilines is 1. The van der Waals surface area contributed by atoms with Crippen LogP contribution in [0.25, 0.3) is 0 Å². The van der Waals surface area contributed by atoms with Gasteiger partial charge in [0, 0.05) is 17.2 Å². The van der Waals surface area contributed by atoms with Gasteiger partial charge in [0.1, 0.15) is 0 Å². The number of carbonyl (C=O) groups excluding carboxylic acids is 1. The predicted octanol–water partition coefficient (Wildman–Crippen LogP) is 3.63. The van der Waals surface area contributed by atoms with E-state index in [1.54, 1.807) is 24.1 Å². The van der Waals surface area contributed by atoms with Gasteiger partial charge < -0.3 is 10.2 Å². The van der Waals surface area contributed by atoms with Crippen LogP contribution in [0.5, 0.6) is 0 Å². The fourth-order valence-electron chi connectivity index (χ4n) is 2.22. The topological polar surface area (TPSA) is 92.5 Å². The third-order valence-electron chi connectivity index (χ3n) is 4.02.